The molecule has 0 aliphatic carbocycles. The molecule has 3 aliphatic heterocycles. The average Bonchev–Trinajstić information content (AvgIpc) is 4.23. The number of rotatable bonds is 18. The molecule has 5 heterocycles. The van der Waals surface area contributed by atoms with Crippen LogP contribution in [0.25, 0.3) is 21.3 Å². The molecule has 412 valence electrons. The van der Waals surface area contributed by atoms with E-state index in [2.05, 4.69) is 41.3 Å². The number of halogens is 2. The van der Waals surface area contributed by atoms with Crippen molar-refractivity contribution in [2.45, 2.75) is 110 Å². The molecule has 0 spiro atoms. The van der Waals surface area contributed by atoms with Crippen LogP contribution in [0.1, 0.15) is 98.5 Å². The molecule has 2 aromatic heterocycles. The monoisotopic (exact) mass is 1090 g/mol. The first-order valence-corrected chi connectivity index (χ1v) is 27.6. The molecule has 4 aromatic carbocycles. The summed E-state index contributed by atoms with van der Waals surface area (Å²) in [5.41, 5.74) is 7.91. The number of nitrogens with one attached hydrogen (secondary N) is 5. The molecule has 20 heteroatoms. The number of fused-ring (bicyclic) bond motifs is 1. The summed E-state index contributed by atoms with van der Waals surface area (Å²) in [6.07, 6.45) is 2.30. The predicted molar refractivity (Wildman–Crippen MR) is 296 cm³/mol. The van der Waals surface area contributed by atoms with Gasteiger partial charge in [0.15, 0.2) is 5.82 Å². The molecule has 3 aliphatic rings. The minimum absolute atomic E-state index is 0.00694. The average molecular weight is 1090 g/mol. The Balaban J connectivity index is 0.750. The number of benzene rings is 4. The fraction of sp³-hybridized carbons (Fsp3) is 0.431. The van der Waals surface area contributed by atoms with Crippen LogP contribution in [-0.4, -0.2) is 130 Å². The molecule has 6 N–H and O–H groups in total. The first-order valence-electron chi connectivity index (χ1n) is 26.7. The summed E-state index contributed by atoms with van der Waals surface area (Å²) in [5, 5.41) is 31.1. The Morgan fingerprint density at radius 3 is 2.29 bits per heavy atom. The number of carbonyl (C=O) groups is 5. The highest BCUT2D eigenvalue weighted by atomic mass is 32.1. The lowest BCUT2D eigenvalue weighted by atomic mass is 9.85. The number of aromatic amines is 1. The fourth-order valence-electron chi connectivity index (χ4n) is 10.4. The van der Waals surface area contributed by atoms with E-state index in [1.165, 1.54) is 17.0 Å². The molecular formula is C58H68F2N10O7S. The van der Waals surface area contributed by atoms with Gasteiger partial charge in [-0.25, -0.2) is 13.8 Å². The van der Waals surface area contributed by atoms with Crippen LogP contribution in [-0.2, 0) is 36.9 Å². The zero-order valence-corrected chi connectivity index (χ0v) is 45.3. The van der Waals surface area contributed by atoms with Crippen LogP contribution in [0, 0.1) is 24.0 Å². The molecule has 3 atom stereocenters. The van der Waals surface area contributed by atoms with Crippen molar-refractivity contribution in [1.82, 2.24) is 35.6 Å². The van der Waals surface area contributed by atoms with Gasteiger partial charge in [-0.2, -0.15) is 5.10 Å². The largest absolute Gasteiger partial charge is 0.391 e. The number of amides is 5. The maximum Gasteiger partial charge on any atom is 0.258 e. The molecule has 9 rings (SSSR count). The zero-order chi connectivity index (χ0) is 55.1. The van der Waals surface area contributed by atoms with Crippen molar-refractivity contribution in [3.8, 4) is 10.4 Å². The van der Waals surface area contributed by atoms with Gasteiger partial charge in [0.2, 0.25) is 23.6 Å². The number of aryl methyl sites for hydroxylation is 1. The zero-order valence-electron chi connectivity index (χ0n) is 44.5. The summed E-state index contributed by atoms with van der Waals surface area (Å²) in [6.45, 7) is 11.0. The van der Waals surface area contributed by atoms with Crippen LogP contribution >= 0.6 is 11.3 Å². The summed E-state index contributed by atoms with van der Waals surface area (Å²) in [7, 11) is 0. The van der Waals surface area contributed by atoms with Crippen LogP contribution < -0.4 is 26.2 Å². The lowest BCUT2D eigenvalue weighted by Crippen LogP contribution is -2.57. The van der Waals surface area contributed by atoms with Crippen LogP contribution in [0.2, 0.25) is 0 Å². The third-order valence-electron chi connectivity index (χ3n) is 14.8. The number of aromatic nitrogens is 3. The Morgan fingerprint density at radius 1 is 0.872 bits per heavy atom. The van der Waals surface area contributed by atoms with Crippen molar-refractivity contribution >= 4 is 69.0 Å². The number of nitrogens with zero attached hydrogens (tertiary/aromatic N) is 5. The van der Waals surface area contributed by atoms with Gasteiger partial charge < -0.3 is 45.8 Å². The lowest BCUT2D eigenvalue weighted by molar-refractivity contribution is -0.144. The van der Waals surface area contributed by atoms with Crippen molar-refractivity contribution in [1.29, 1.82) is 0 Å². The SMILES string of the molecule is Cc1ncsc1-c1ccc(CNC(=O)[C@@H]2C[C@@H](O)CN2C(=O)[C@@H](NC(=O)CCCCC(=O)N2CCN(c3ccc(C(=O)Nc4n[nH]c5ccc(Cc6cc(F)cc(F)c6)cc45)c(NC4CCOCC4)c3)CC2)C(C)(C)C)cc1. The van der Waals surface area contributed by atoms with E-state index in [0.717, 1.165) is 51.9 Å². The Bertz CT molecular complexity index is 3110. The molecule has 17 nitrogen and oxygen atoms in total. The third-order valence-corrected chi connectivity index (χ3v) is 15.7. The summed E-state index contributed by atoms with van der Waals surface area (Å²) in [6, 6.07) is 20.7. The Hall–Kier alpha value is -7.29. The molecule has 0 radical (unpaired) electrons. The second-order valence-corrected chi connectivity index (χ2v) is 22.5. The number of aliphatic hydroxyl groups excluding tert-OH is 1. The summed E-state index contributed by atoms with van der Waals surface area (Å²) >= 11 is 1.57. The van der Waals surface area contributed by atoms with Gasteiger partial charge in [-0.3, -0.25) is 29.1 Å². The van der Waals surface area contributed by atoms with Crippen molar-refractivity contribution < 1.29 is 42.6 Å². The summed E-state index contributed by atoms with van der Waals surface area (Å²) < 4.78 is 33.5. The molecule has 0 saturated carbocycles. The summed E-state index contributed by atoms with van der Waals surface area (Å²) in [5.74, 6) is -2.50. The van der Waals surface area contributed by atoms with Crippen molar-refractivity contribution in [2.75, 3.05) is 61.5 Å². The van der Waals surface area contributed by atoms with E-state index in [4.69, 9.17) is 4.74 Å². The first-order chi connectivity index (χ1) is 37.4. The van der Waals surface area contributed by atoms with E-state index in [0.29, 0.717) is 85.8 Å². The van der Waals surface area contributed by atoms with Gasteiger partial charge in [0, 0.05) is 101 Å². The van der Waals surface area contributed by atoms with E-state index in [1.807, 2.05) is 92.7 Å². The van der Waals surface area contributed by atoms with Gasteiger partial charge >= 0.3 is 0 Å². The highest BCUT2D eigenvalue weighted by Gasteiger charge is 2.44. The quantitative estimate of drug-likeness (QED) is 0.0459. The number of unbranched alkanes of at least 4 members (excludes halogenated alkanes) is 1. The van der Waals surface area contributed by atoms with E-state index in [-0.39, 0.29) is 68.4 Å². The number of hydrogen-bond acceptors (Lipinski definition) is 12. The van der Waals surface area contributed by atoms with Gasteiger partial charge in [0.05, 0.1) is 33.3 Å². The second-order valence-electron chi connectivity index (χ2n) is 21.6. The van der Waals surface area contributed by atoms with E-state index in [9.17, 15) is 37.9 Å². The molecule has 3 fully saturated rings. The minimum atomic E-state index is -0.957. The Kier molecular flexibility index (Phi) is 17.5. The van der Waals surface area contributed by atoms with Crippen molar-refractivity contribution in [3.63, 3.8) is 0 Å². The number of anilines is 3. The van der Waals surface area contributed by atoms with Gasteiger partial charge in [0.1, 0.15) is 23.7 Å². The highest BCUT2D eigenvalue weighted by molar-refractivity contribution is 7.13. The van der Waals surface area contributed by atoms with Crippen molar-refractivity contribution in [3.05, 3.63) is 124 Å². The lowest BCUT2D eigenvalue weighted by Gasteiger charge is -2.36. The molecule has 3 saturated heterocycles. The summed E-state index contributed by atoms with van der Waals surface area (Å²) in [4.78, 5) is 79.5. The molecule has 0 bridgehead atoms. The number of β-amino-alcohol motifs (C(OH)–C–C–N with tert-alkyl or cyclic N) is 1. The molecule has 6 aromatic rings. The van der Waals surface area contributed by atoms with Gasteiger partial charge in [-0.15, -0.1) is 11.3 Å². The van der Waals surface area contributed by atoms with Gasteiger partial charge in [-0.05, 0) is 109 Å². The number of ether oxygens (including phenoxy) is 1. The number of likely N-dealkylation sites (tertiary alicyclic amines) is 1. The second kappa shape index (κ2) is 24.6. The third kappa shape index (κ3) is 13.7. The van der Waals surface area contributed by atoms with E-state index < -0.39 is 41.1 Å². The van der Waals surface area contributed by atoms with E-state index >= 15 is 0 Å². The molecule has 5 amide bonds. The van der Waals surface area contributed by atoms with Crippen LogP contribution in [0.15, 0.2) is 84.4 Å². The number of thiazole rings is 1. The van der Waals surface area contributed by atoms with Crippen LogP contribution in [0.4, 0.5) is 26.0 Å². The molecular weight excluding hydrogens is 1020 g/mol. The highest BCUT2D eigenvalue weighted by Crippen LogP contribution is 2.32. The number of carbonyl (C=O) groups excluding carboxylic acids is 5. The Labute approximate surface area is 456 Å². The number of H-pyrrole nitrogens is 1. The van der Waals surface area contributed by atoms with E-state index in [1.54, 1.807) is 17.4 Å². The van der Waals surface area contributed by atoms with Gasteiger partial charge in [-0.1, -0.05) is 51.1 Å². The maximum atomic E-state index is 14.2. The molecule has 78 heavy (non-hydrogen) atoms. The Morgan fingerprint density at radius 2 is 1.59 bits per heavy atom. The smallest absolute Gasteiger partial charge is 0.258 e. The molecule has 0 unspecified atom stereocenters. The standard InChI is InChI=1S/C58H68F2N10O7S/c1-35-52(78-34-62-35)39-12-9-36(10-13-39)32-61-56(75)49-31-44(71)33-70(49)57(76)53(58(2,3)4)64-50(72)7-5-6-8-51(73)69-21-19-68(20-22-69)43-14-15-45(48(30-43)63-42-17-23-77-24-18-42)55(74)65-54-46-28-37(11-16-47(46)66-67-54)25-38-26-40(59)29-41(60)27-38/h9-16,26-30,34,42,44,49,53,63,71H,5-8,17-25,31-33H2,1-4H3,(H,61,75)(H,64,72)(H2,65,66,67,74)/t44-,49+,53-/m1/s1. The maximum absolute atomic E-state index is 14.2. The number of aliphatic hydroxyl groups is 1. The normalized spacial score (nSPS) is 17.5. The van der Waals surface area contributed by atoms with Crippen LogP contribution in [0.5, 0.6) is 0 Å². The fourth-order valence-corrected chi connectivity index (χ4v) is 11.3. The predicted octanol–water partition coefficient (Wildman–Crippen LogP) is 7.73. The van der Waals surface area contributed by atoms with Crippen molar-refractivity contribution in [2.24, 2.45) is 5.41 Å². The first kappa shape index (κ1) is 55.5. The minimum Gasteiger partial charge on any atom is -0.391 e. The van der Waals surface area contributed by atoms with Gasteiger partial charge in [0.25, 0.3) is 5.91 Å². The number of hydrogen-bond donors (Lipinski definition) is 6. The topological polar surface area (TPSA) is 214 Å². The number of piperazine rings is 1. The van der Waals surface area contributed by atoms with Crippen LogP contribution in [0.3, 0.4) is 0 Å².